The Morgan fingerprint density at radius 2 is 1.77 bits per heavy atom. The third kappa shape index (κ3) is 4.23. The molecule has 1 saturated heterocycles. The van der Waals surface area contributed by atoms with Gasteiger partial charge < -0.3 is 16.0 Å². The van der Waals surface area contributed by atoms with E-state index in [9.17, 15) is 9.59 Å². The normalized spacial score (nSPS) is 15.9. The van der Waals surface area contributed by atoms with Crippen molar-refractivity contribution in [2.45, 2.75) is 25.8 Å². The van der Waals surface area contributed by atoms with Gasteiger partial charge in [-0.3, -0.25) is 9.59 Å². The van der Waals surface area contributed by atoms with Crippen LogP contribution in [0.4, 0.5) is 11.4 Å². The molecule has 1 aliphatic heterocycles. The number of amides is 2. The highest BCUT2D eigenvalue weighted by molar-refractivity contribution is 6.02. The van der Waals surface area contributed by atoms with E-state index in [0.29, 0.717) is 18.7 Å². The van der Waals surface area contributed by atoms with Crippen LogP contribution in [-0.4, -0.2) is 18.4 Å². The summed E-state index contributed by atoms with van der Waals surface area (Å²) in [4.78, 5) is 26.4. The number of nitrogens with one attached hydrogen (secondary N) is 1. The van der Waals surface area contributed by atoms with Crippen molar-refractivity contribution in [1.29, 1.82) is 0 Å². The second-order valence-electron chi connectivity index (χ2n) is 6.38. The monoisotopic (exact) mass is 373 g/mol. The van der Waals surface area contributed by atoms with Gasteiger partial charge in [0.1, 0.15) is 0 Å². The van der Waals surface area contributed by atoms with E-state index >= 15 is 0 Å². The molecule has 0 bridgehead atoms. The van der Waals surface area contributed by atoms with E-state index in [1.807, 2.05) is 61.5 Å². The number of hydrogen-bond donors (Lipinski definition) is 2. The van der Waals surface area contributed by atoms with E-state index < -0.39 is 5.92 Å². The van der Waals surface area contributed by atoms with Gasteiger partial charge in [-0.25, -0.2) is 0 Å². The standard InChI is InChI=1S/C20H23N3O2.ClH/c1-14(19(21)15-8-3-2-4-9-15)20(25)22-16-10-5-6-11-17(16)23-13-7-12-18(23)24;/h2-6,8-11,14,19H,7,12-13,21H2,1H3,(H,22,25);1H. The molecule has 2 aromatic rings. The van der Waals surface area contributed by atoms with Gasteiger partial charge in [0.2, 0.25) is 11.8 Å². The molecule has 2 amide bonds. The van der Waals surface area contributed by atoms with Crippen LogP contribution in [0.2, 0.25) is 0 Å². The van der Waals surface area contributed by atoms with Gasteiger partial charge in [0, 0.05) is 19.0 Å². The van der Waals surface area contributed by atoms with E-state index in [4.69, 9.17) is 5.73 Å². The minimum Gasteiger partial charge on any atom is -0.324 e. The highest BCUT2D eigenvalue weighted by Crippen LogP contribution is 2.30. The molecular formula is C20H24ClN3O2. The minimum atomic E-state index is -0.398. The number of hydrogen-bond acceptors (Lipinski definition) is 3. The number of nitrogens with zero attached hydrogens (tertiary/aromatic N) is 1. The summed E-state index contributed by atoms with van der Waals surface area (Å²) in [5.74, 6) is -0.462. The molecular weight excluding hydrogens is 350 g/mol. The SMILES string of the molecule is CC(C(=O)Nc1ccccc1N1CCCC1=O)C(N)c1ccccc1.Cl. The molecule has 138 valence electrons. The van der Waals surface area contributed by atoms with Gasteiger partial charge in [-0.1, -0.05) is 49.4 Å². The van der Waals surface area contributed by atoms with Crippen molar-refractivity contribution in [1.82, 2.24) is 0 Å². The lowest BCUT2D eigenvalue weighted by Crippen LogP contribution is -2.31. The van der Waals surface area contributed by atoms with E-state index in [-0.39, 0.29) is 30.3 Å². The summed E-state index contributed by atoms with van der Waals surface area (Å²) in [6, 6.07) is 16.6. The molecule has 0 aromatic heterocycles. The molecule has 2 atom stereocenters. The molecule has 6 heteroatoms. The fourth-order valence-electron chi connectivity index (χ4n) is 3.09. The Hall–Kier alpha value is -2.37. The summed E-state index contributed by atoms with van der Waals surface area (Å²) >= 11 is 0. The van der Waals surface area contributed by atoms with Gasteiger partial charge in [-0.2, -0.15) is 0 Å². The number of anilines is 2. The van der Waals surface area contributed by atoms with Crippen LogP contribution in [0.5, 0.6) is 0 Å². The van der Waals surface area contributed by atoms with Gasteiger partial charge in [0.25, 0.3) is 0 Å². The second-order valence-corrected chi connectivity index (χ2v) is 6.38. The van der Waals surface area contributed by atoms with Gasteiger partial charge in [-0.05, 0) is 24.1 Å². The van der Waals surface area contributed by atoms with Crippen LogP contribution in [-0.2, 0) is 9.59 Å². The number of halogens is 1. The zero-order chi connectivity index (χ0) is 17.8. The van der Waals surface area contributed by atoms with Crippen LogP contribution in [0.25, 0.3) is 0 Å². The number of rotatable bonds is 5. The summed E-state index contributed by atoms with van der Waals surface area (Å²) in [7, 11) is 0. The van der Waals surface area contributed by atoms with Crippen LogP contribution in [0.15, 0.2) is 54.6 Å². The first-order valence-corrected chi connectivity index (χ1v) is 8.58. The van der Waals surface area contributed by atoms with E-state index in [1.165, 1.54) is 0 Å². The largest absolute Gasteiger partial charge is 0.324 e. The predicted octanol–water partition coefficient (Wildman–Crippen LogP) is 3.51. The lowest BCUT2D eigenvalue weighted by atomic mass is 9.94. The van der Waals surface area contributed by atoms with E-state index in [2.05, 4.69) is 5.32 Å². The molecule has 1 fully saturated rings. The fourth-order valence-corrected chi connectivity index (χ4v) is 3.09. The van der Waals surface area contributed by atoms with Crippen LogP contribution in [0.3, 0.4) is 0 Å². The maximum atomic E-state index is 12.7. The molecule has 5 nitrogen and oxygen atoms in total. The Labute approximate surface area is 160 Å². The van der Waals surface area contributed by atoms with Crippen molar-refractivity contribution in [2.24, 2.45) is 11.7 Å². The average Bonchev–Trinajstić information content (AvgIpc) is 3.07. The van der Waals surface area contributed by atoms with Crippen LogP contribution < -0.4 is 16.0 Å². The van der Waals surface area contributed by atoms with Gasteiger partial charge >= 0.3 is 0 Å². The molecule has 0 spiro atoms. The van der Waals surface area contributed by atoms with Crippen molar-refractivity contribution in [2.75, 3.05) is 16.8 Å². The van der Waals surface area contributed by atoms with Crippen LogP contribution >= 0.6 is 12.4 Å². The maximum Gasteiger partial charge on any atom is 0.229 e. The summed E-state index contributed by atoms with van der Waals surface area (Å²) in [6.45, 7) is 2.50. The molecule has 3 N–H and O–H groups in total. The van der Waals surface area contributed by atoms with Crippen molar-refractivity contribution in [3.05, 3.63) is 60.2 Å². The highest BCUT2D eigenvalue weighted by atomic mass is 35.5. The first-order valence-electron chi connectivity index (χ1n) is 8.58. The first kappa shape index (κ1) is 19.9. The van der Waals surface area contributed by atoms with Crippen LogP contribution in [0, 0.1) is 5.92 Å². The third-order valence-corrected chi connectivity index (χ3v) is 4.66. The van der Waals surface area contributed by atoms with Crippen LogP contribution in [0.1, 0.15) is 31.4 Å². The lowest BCUT2D eigenvalue weighted by Gasteiger charge is -2.23. The Morgan fingerprint density at radius 3 is 2.42 bits per heavy atom. The predicted molar refractivity (Wildman–Crippen MR) is 106 cm³/mol. The molecule has 0 saturated carbocycles. The Bertz CT molecular complexity index is 767. The molecule has 1 aliphatic rings. The van der Waals surface area contributed by atoms with E-state index in [0.717, 1.165) is 17.7 Å². The summed E-state index contributed by atoms with van der Waals surface area (Å²) in [5, 5.41) is 2.95. The lowest BCUT2D eigenvalue weighted by molar-refractivity contribution is -0.120. The zero-order valence-electron chi connectivity index (χ0n) is 14.7. The molecule has 2 unspecified atom stereocenters. The number of benzene rings is 2. The van der Waals surface area contributed by atoms with E-state index in [1.54, 1.807) is 4.90 Å². The van der Waals surface area contributed by atoms with Crippen molar-refractivity contribution in [3.8, 4) is 0 Å². The molecule has 26 heavy (non-hydrogen) atoms. The molecule has 2 aromatic carbocycles. The van der Waals surface area contributed by atoms with Crippen molar-refractivity contribution < 1.29 is 9.59 Å². The zero-order valence-corrected chi connectivity index (χ0v) is 15.5. The Balaban J connectivity index is 0.00000243. The quantitative estimate of drug-likeness (QED) is 0.842. The topological polar surface area (TPSA) is 75.4 Å². The molecule has 1 heterocycles. The fraction of sp³-hybridized carbons (Fsp3) is 0.300. The summed E-state index contributed by atoms with van der Waals surface area (Å²) in [5.41, 5.74) is 8.57. The Morgan fingerprint density at radius 1 is 1.12 bits per heavy atom. The van der Waals surface area contributed by atoms with Gasteiger partial charge in [0.05, 0.1) is 17.3 Å². The van der Waals surface area contributed by atoms with Crippen molar-refractivity contribution >= 4 is 35.6 Å². The number of carbonyl (C=O) groups excluding carboxylic acids is 2. The second kappa shape index (κ2) is 8.83. The first-order chi connectivity index (χ1) is 12.1. The van der Waals surface area contributed by atoms with Crippen molar-refractivity contribution in [3.63, 3.8) is 0 Å². The number of nitrogens with two attached hydrogens (primary N) is 1. The van der Waals surface area contributed by atoms with Gasteiger partial charge in [-0.15, -0.1) is 12.4 Å². The van der Waals surface area contributed by atoms with Gasteiger partial charge in [0.15, 0.2) is 0 Å². The molecule has 0 radical (unpaired) electrons. The average molecular weight is 374 g/mol. The smallest absolute Gasteiger partial charge is 0.229 e. The highest BCUT2D eigenvalue weighted by Gasteiger charge is 2.26. The summed E-state index contributed by atoms with van der Waals surface area (Å²) < 4.78 is 0. The minimum absolute atomic E-state index is 0. The molecule has 0 aliphatic carbocycles. The third-order valence-electron chi connectivity index (χ3n) is 4.66. The molecule has 3 rings (SSSR count). The maximum absolute atomic E-state index is 12.7. The summed E-state index contributed by atoms with van der Waals surface area (Å²) in [6.07, 6.45) is 1.40. The Kier molecular flexibility index (Phi) is 6.77. The number of carbonyl (C=O) groups is 2. The number of para-hydroxylation sites is 2.